The quantitative estimate of drug-likeness (QED) is 0.227. The fraction of sp³-hybridized carbons (Fsp3) is 0.100. The second-order valence-corrected chi connectivity index (χ2v) is 60.7. The van der Waals surface area contributed by atoms with Gasteiger partial charge in [-0.25, -0.2) is 0 Å². The van der Waals surface area contributed by atoms with E-state index in [-0.39, 0.29) is 0 Å². The average Bonchev–Trinajstić information content (AvgIpc) is 2.46. The van der Waals surface area contributed by atoms with Crippen LogP contribution in [0.4, 0.5) is 0 Å². The SMILES string of the molecule is Cc1cc2c(Br)cccc2[cH-]1.[I][Zr]([I])[I]. The summed E-state index contributed by atoms with van der Waals surface area (Å²) in [5, 5.41) is 2.63. The van der Waals surface area contributed by atoms with Crippen molar-refractivity contribution in [2.45, 2.75) is 6.92 Å². The average molecular weight is 680 g/mol. The number of halogens is 4. The Morgan fingerprint density at radius 3 is 2.40 bits per heavy atom. The molecular weight excluding hydrogens is 672 g/mol. The van der Waals surface area contributed by atoms with Crippen LogP contribution in [0, 0.1) is 6.92 Å². The molecule has 0 spiro atoms. The summed E-state index contributed by atoms with van der Waals surface area (Å²) in [6.07, 6.45) is 0. The second kappa shape index (κ2) is 7.74. The van der Waals surface area contributed by atoms with Crippen LogP contribution in [0.15, 0.2) is 34.8 Å². The van der Waals surface area contributed by atoms with Crippen molar-refractivity contribution in [2.75, 3.05) is 0 Å². The van der Waals surface area contributed by atoms with Gasteiger partial charge in [0.2, 0.25) is 0 Å². The van der Waals surface area contributed by atoms with E-state index in [0.717, 1.165) is 0 Å². The molecule has 0 unspecified atom stereocenters. The molecular formula is C10H8BrI3Zr-. The van der Waals surface area contributed by atoms with E-state index in [9.17, 15) is 0 Å². The molecule has 0 heterocycles. The molecule has 5 heteroatoms. The first-order valence-electron chi connectivity index (χ1n) is 4.15. The molecule has 2 aromatic carbocycles. The molecule has 2 aromatic rings. The summed E-state index contributed by atoms with van der Waals surface area (Å²) in [5.74, 6) is 0. The molecule has 0 N–H and O–H groups in total. The van der Waals surface area contributed by atoms with Crippen molar-refractivity contribution < 1.29 is 9.18 Å². The Balaban J connectivity index is 0.000000245. The maximum atomic E-state index is 3.51. The Labute approximate surface area is 134 Å². The fourth-order valence-corrected chi connectivity index (χ4v) is 1.84. The van der Waals surface area contributed by atoms with Crippen LogP contribution in [-0.4, -0.2) is 0 Å². The second-order valence-electron chi connectivity index (χ2n) is 2.99. The van der Waals surface area contributed by atoms with E-state index in [1.165, 1.54) is 20.8 Å². The van der Waals surface area contributed by atoms with Gasteiger partial charge >= 0.3 is 63.3 Å². The molecule has 0 bridgehead atoms. The summed E-state index contributed by atoms with van der Waals surface area (Å²) >= 11 is 11.1. The minimum atomic E-state index is -0.633. The van der Waals surface area contributed by atoms with E-state index in [1.54, 1.807) is 0 Å². The van der Waals surface area contributed by atoms with Crippen molar-refractivity contribution in [3.63, 3.8) is 0 Å². The van der Waals surface area contributed by atoms with Crippen molar-refractivity contribution in [2.24, 2.45) is 0 Å². The first kappa shape index (κ1) is 15.4. The zero-order valence-electron chi connectivity index (χ0n) is 7.90. The predicted molar refractivity (Wildman–Crippen MR) is 94.0 cm³/mol. The molecule has 0 atom stereocenters. The molecule has 0 saturated carbocycles. The van der Waals surface area contributed by atoms with Crippen LogP contribution in [0.3, 0.4) is 0 Å². The van der Waals surface area contributed by atoms with Crippen LogP contribution in [-0.2, 0) is 9.18 Å². The van der Waals surface area contributed by atoms with E-state index in [1.807, 2.05) is 0 Å². The Bertz CT molecular complexity index is 436. The van der Waals surface area contributed by atoms with Gasteiger partial charge in [0.05, 0.1) is 0 Å². The third-order valence-corrected chi connectivity index (χ3v) is 2.53. The van der Waals surface area contributed by atoms with Crippen LogP contribution >= 0.6 is 70.1 Å². The molecule has 0 aliphatic rings. The third kappa shape index (κ3) is 5.70. The molecule has 0 aliphatic heterocycles. The van der Waals surface area contributed by atoms with Crippen LogP contribution in [0.1, 0.15) is 5.56 Å². The molecule has 0 radical (unpaired) electrons. The summed E-state index contributed by atoms with van der Waals surface area (Å²) in [4.78, 5) is 0. The summed E-state index contributed by atoms with van der Waals surface area (Å²) in [6.45, 7) is 2.12. The standard InChI is InChI=1S/C10H8Br.3HI.Zr/c1-7-5-8-3-2-4-10(11)9(8)6-7;;;;/h2-6H,1H3;3*1H;/q-1;;;;+3/p-3. The third-order valence-electron chi connectivity index (χ3n) is 1.84. The van der Waals surface area contributed by atoms with Crippen molar-refractivity contribution in [3.8, 4) is 0 Å². The van der Waals surface area contributed by atoms with Crippen molar-refractivity contribution in [1.82, 2.24) is 0 Å². The van der Waals surface area contributed by atoms with Gasteiger partial charge in [0.15, 0.2) is 0 Å². The molecule has 15 heavy (non-hydrogen) atoms. The van der Waals surface area contributed by atoms with E-state index in [2.05, 4.69) is 107 Å². The molecule has 0 saturated heterocycles. The zero-order valence-corrected chi connectivity index (χ0v) is 18.4. The Morgan fingerprint density at radius 2 is 1.87 bits per heavy atom. The zero-order chi connectivity index (χ0) is 11.4. The minimum absolute atomic E-state index is 0.633. The number of rotatable bonds is 0. The van der Waals surface area contributed by atoms with Crippen LogP contribution in [0.2, 0.25) is 0 Å². The number of aryl methyl sites for hydroxylation is 1. The van der Waals surface area contributed by atoms with Gasteiger partial charge in [0.1, 0.15) is 0 Å². The Hall–Kier alpha value is 2.38. The van der Waals surface area contributed by atoms with Gasteiger partial charge in [-0.3, -0.25) is 0 Å². The first-order valence-corrected chi connectivity index (χ1v) is 26.9. The van der Waals surface area contributed by atoms with E-state index >= 15 is 0 Å². The van der Waals surface area contributed by atoms with E-state index in [0.29, 0.717) is 0 Å². The Morgan fingerprint density at radius 1 is 1.27 bits per heavy atom. The Kier molecular flexibility index (Phi) is 7.97. The summed E-state index contributed by atoms with van der Waals surface area (Å²) in [7, 11) is -0.633. The van der Waals surface area contributed by atoms with Gasteiger partial charge in [0, 0.05) is 0 Å². The van der Waals surface area contributed by atoms with Gasteiger partial charge in [-0.05, 0) is 4.47 Å². The van der Waals surface area contributed by atoms with Gasteiger partial charge in [-0.1, -0.05) is 28.9 Å². The molecule has 0 nitrogen and oxygen atoms in total. The van der Waals surface area contributed by atoms with Crippen LogP contribution in [0.5, 0.6) is 0 Å². The molecule has 0 amide bonds. The molecule has 0 fully saturated rings. The van der Waals surface area contributed by atoms with Crippen LogP contribution < -0.4 is 0 Å². The fourth-order valence-electron chi connectivity index (χ4n) is 1.35. The van der Waals surface area contributed by atoms with Gasteiger partial charge in [0.25, 0.3) is 0 Å². The summed E-state index contributed by atoms with van der Waals surface area (Å²) < 4.78 is 1.18. The topological polar surface area (TPSA) is 0 Å². The predicted octanol–water partition coefficient (Wildman–Crippen LogP) is 6.28. The van der Waals surface area contributed by atoms with Gasteiger partial charge in [-0.15, -0.1) is 34.5 Å². The van der Waals surface area contributed by atoms with E-state index < -0.39 is 9.18 Å². The van der Waals surface area contributed by atoms with Crippen molar-refractivity contribution in [1.29, 1.82) is 0 Å². The normalized spacial score (nSPS) is 9.67. The molecule has 0 aliphatic carbocycles. The summed E-state index contributed by atoms with van der Waals surface area (Å²) in [5.41, 5.74) is 1.33. The van der Waals surface area contributed by atoms with Gasteiger partial charge in [-0.2, -0.15) is 6.07 Å². The first-order chi connectivity index (χ1) is 7.00. The van der Waals surface area contributed by atoms with Crippen LogP contribution in [0.25, 0.3) is 10.8 Å². The van der Waals surface area contributed by atoms with Crippen molar-refractivity contribution in [3.05, 3.63) is 40.4 Å². The van der Waals surface area contributed by atoms with Crippen molar-refractivity contribution >= 4 is 80.8 Å². The maximum absolute atomic E-state index is 3.51. The van der Waals surface area contributed by atoms with Gasteiger partial charge < -0.3 is 0 Å². The number of fused-ring (bicyclic) bond motifs is 1. The number of benzene rings is 1. The van der Waals surface area contributed by atoms with E-state index in [4.69, 9.17) is 0 Å². The summed E-state index contributed by atoms with van der Waals surface area (Å²) in [6, 6.07) is 10.7. The number of hydrogen-bond donors (Lipinski definition) is 0. The molecule has 0 aromatic heterocycles. The molecule has 81 valence electrons. The monoisotopic (exact) mass is 678 g/mol. The molecule has 2 rings (SSSR count). The number of hydrogen-bond acceptors (Lipinski definition) is 0.